The largest absolute Gasteiger partial charge is 0.508 e. The van der Waals surface area contributed by atoms with Crippen LogP contribution in [0.15, 0.2) is 100 Å². The van der Waals surface area contributed by atoms with E-state index in [0.29, 0.717) is 34.5 Å². The fraction of sp³-hybridized carbons (Fsp3) is 0.222. The monoisotopic (exact) mass is 841 g/mol. The number of carbonyl (C=O) groups is 2. The van der Waals surface area contributed by atoms with Gasteiger partial charge < -0.3 is 65.1 Å². The molecule has 6 aromatic rings. The first kappa shape index (κ1) is 45.9. The van der Waals surface area contributed by atoms with Gasteiger partial charge in [0.05, 0.1) is 7.11 Å². The number of rotatable bonds is 4. The number of carbonyl (C=O) groups excluding carboxylic acids is 2. The number of hydrogen-bond acceptors (Lipinski definition) is 16. The lowest BCUT2D eigenvalue weighted by atomic mass is 9.90. The van der Waals surface area contributed by atoms with E-state index in [9.17, 15) is 29.7 Å². The fourth-order valence-electron chi connectivity index (χ4n) is 6.58. The molecule has 1 saturated carbocycles. The summed E-state index contributed by atoms with van der Waals surface area (Å²) in [5.41, 5.74) is 2.74. The molecule has 1 heterocycles. The first-order chi connectivity index (χ1) is 28.9. The van der Waals surface area contributed by atoms with Crippen molar-refractivity contribution in [3.05, 3.63) is 124 Å². The maximum Gasteiger partial charge on any atom is 0.341 e. The zero-order valence-corrected chi connectivity index (χ0v) is 33.6. The summed E-state index contributed by atoms with van der Waals surface area (Å²) in [6.07, 6.45) is 3.48. The molecule has 2 atom stereocenters. The standard InChI is InChI=1S/C11H12O2.C9H13NO.C9H6O4.2C8H8O4/c12-8-3-4-9(13)11-7-2-1-6(5-7)10(8)11;1-3-10(2)8-4-6-9(11)7-5-8;10-6-3-1-5-2-4-7(11)13-9(5)8(6)12;1-4(9)5-2-6(10)8(12)7(11)3-5;1-12-8(11)6-4-5(9)2-3-7(6)10/h3-4,6-7,12-13H,1-2,5H2;4-7,11H,3H2,1-2H3;1-4,10,12H;2-3,10-12H,1H3;2-4,9-10H,1H3. The maximum atomic E-state index is 10.9. The Kier molecular flexibility index (Phi) is 15.3. The lowest BCUT2D eigenvalue weighted by Crippen LogP contribution is -2.15. The summed E-state index contributed by atoms with van der Waals surface area (Å²) in [4.78, 5) is 34.5. The van der Waals surface area contributed by atoms with Crippen LogP contribution >= 0.6 is 0 Å². The van der Waals surface area contributed by atoms with Gasteiger partial charge in [-0.05, 0) is 130 Å². The number of phenolic OH excluding ortho intramolecular Hbond substituents is 10. The van der Waals surface area contributed by atoms with Gasteiger partial charge in [-0.2, -0.15) is 0 Å². The summed E-state index contributed by atoms with van der Waals surface area (Å²) in [5.74, 6) is -1.51. The Labute approximate surface area is 349 Å². The molecule has 0 spiro atoms. The molecule has 322 valence electrons. The number of ketones is 1. The van der Waals surface area contributed by atoms with E-state index in [2.05, 4.69) is 16.6 Å². The third-order valence-electron chi connectivity index (χ3n) is 9.86. The number of fused-ring (bicyclic) bond motifs is 6. The van der Waals surface area contributed by atoms with Gasteiger partial charge in [0.1, 0.15) is 34.3 Å². The summed E-state index contributed by atoms with van der Waals surface area (Å²) in [6.45, 7) is 4.36. The lowest BCUT2D eigenvalue weighted by molar-refractivity contribution is 0.0596. The average Bonchev–Trinajstić information content (AvgIpc) is 3.88. The highest BCUT2D eigenvalue weighted by Crippen LogP contribution is 2.58. The first-order valence-corrected chi connectivity index (χ1v) is 18.7. The Morgan fingerprint density at radius 3 is 1.69 bits per heavy atom. The van der Waals surface area contributed by atoms with Crippen LogP contribution in [0.2, 0.25) is 0 Å². The van der Waals surface area contributed by atoms with Crippen molar-refractivity contribution in [3.63, 3.8) is 0 Å². The summed E-state index contributed by atoms with van der Waals surface area (Å²) in [6, 6.07) is 21.9. The zero-order valence-electron chi connectivity index (χ0n) is 33.6. The van der Waals surface area contributed by atoms with Crippen LogP contribution in [0.25, 0.3) is 11.0 Å². The number of hydrogen-bond donors (Lipinski definition) is 10. The number of benzene rings is 5. The van der Waals surface area contributed by atoms with Gasteiger partial charge >= 0.3 is 11.6 Å². The van der Waals surface area contributed by atoms with Crippen LogP contribution in [0.5, 0.6) is 57.5 Å². The smallest absolute Gasteiger partial charge is 0.341 e. The normalized spacial score (nSPS) is 14.0. The number of nitrogens with zero attached hydrogens (tertiary/aromatic N) is 1. The van der Waals surface area contributed by atoms with Gasteiger partial charge in [-0.25, -0.2) is 9.59 Å². The quantitative estimate of drug-likeness (QED) is 0.0272. The molecule has 0 saturated heterocycles. The van der Waals surface area contributed by atoms with E-state index in [1.165, 1.54) is 57.2 Å². The van der Waals surface area contributed by atoms with E-state index in [4.69, 9.17) is 40.2 Å². The number of ether oxygens (including phenoxy) is 1. The minimum Gasteiger partial charge on any atom is -0.508 e. The van der Waals surface area contributed by atoms with Crippen LogP contribution in [0.3, 0.4) is 0 Å². The fourth-order valence-corrected chi connectivity index (χ4v) is 6.58. The van der Waals surface area contributed by atoms with Crippen LogP contribution < -0.4 is 10.5 Å². The molecule has 10 N–H and O–H groups in total. The Morgan fingerprint density at radius 2 is 1.16 bits per heavy atom. The van der Waals surface area contributed by atoms with Gasteiger partial charge in [-0.3, -0.25) is 4.79 Å². The van der Waals surface area contributed by atoms with Crippen LogP contribution in [0.4, 0.5) is 5.69 Å². The van der Waals surface area contributed by atoms with Gasteiger partial charge in [-0.1, -0.05) is 0 Å². The molecular formula is C45H47NO15. The highest BCUT2D eigenvalue weighted by molar-refractivity contribution is 5.95. The highest BCUT2D eigenvalue weighted by atomic mass is 16.5. The molecule has 1 fully saturated rings. The lowest BCUT2D eigenvalue weighted by Gasteiger charge is -2.17. The number of phenols is 10. The molecule has 0 amide bonds. The van der Waals surface area contributed by atoms with Gasteiger partial charge in [0.25, 0.3) is 0 Å². The third kappa shape index (κ3) is 11.5. The average molecular weight is 842 g/mol. The molecule has 2 aliphatic rings. The summed E-state index contributed by atoms with van der Waals surface area (Å²) in [5, 5.41) is 92.2. The van der Waals surface area contributed by atoms with E-state index >= 15 is 0 Å². The van der Waals surface area contributed by atoms with E-state index in [0.717, 1.165) is 48.0 Å². The van der Waals surface area contributed by atoms with Crippen molar-refractivity contribution in [1.82, 2.24) is 0 Å². The van der Waals surface area contributed by atoms with Crippen molar-refractivity contribution >= 4 is 28.4 Å². The highest BCUT2D eigenvalue weighted by Gasteiger charge is 2.40. The molecule has 2 bridgehead atoms. The van der Waals surface area contributed by atoms with Gasteiger partial charge in [-0.15, -0.1) is 0 Å². The number of anilines is 1. The molecule has 0 aliphatic heterocycles. The molecular weight excluding hydrogens is 794 g/mol. The minimum atomic E-state index is -0.677. The van der Waals surface area contributed by atoms with Crippen molar-refractivity contribution in [1.29, 1.82) is 0 Å². The number of aromatic hydroxyl groups is 10. The topological polar surface area (TPSA) is 279 Å². The van der Waals surface area contributed by atoms with Crippen LogP contribution in [0.1, 0.15) is 76.8 Å². The molecule has 2 unspecified atom stereocenters. The van der Waals surface area contributed by atoms with E-state index < -0.39 is 34.6 Å². The molecule has 0 radical (unpaired) electrons. The SMILES string of the molecule is CC(=O)c1cc(O)c(O)c(O)c1.CCN(C)c1ccc(O)cc1.COC(=O)c1cc(O)ccc1O.O=c1ccc2ccc(O)c(O)c2o1.Oc1ccc(O)c2c1C1CCC2C1. The predicted octanol–water partition coefficient (Wildman–Crippen LogP) is 7.41. The number of methoxy groups -OCH3 is 1. The van der Waals surface area contributed by atoms with Crippen molar-refractivity contribution in [2.75, 3.05) is 25.6 Å². The van der Waals surface area contributed by atoms with E-state index in [1.54, 1.807) is 30.3 Å². The molecule has 16 heteroatoms. The molecule has 16 nitrogen and oxygen atoms in total. The third-order valence-corrected chi connectivity index (χ3v) is 9.86. The summed E-state index contributed by atoms with van der Waals surface area (Å²) < 4.78 is 9.07. The Balaban J connectivity index is 0.000000168. The molecule has 61 heavy (non-hydrogen) atoms. The second-order valence-corrected chi connectivity index (χ2v) is 13.9. The molecule has 8 rings (SSSR count). The summed E-state index contributed by atoms with van der Waals surface area (Å²) >= 11 is 0. The Hall–Kier alpha value is -7.75. The van der Waals surface area contributed by atoms with Gasteiger partial charge in [0.2, 0.25) is 5.75 Å². The van der Waals surface area contributed by atoms with E-state index in [1.807, 2.05) is 19.2 Å². The number of esters is 1. The van der Waals surface area contributed by atoms with Crippen molar-refractivity contribution < 1.29 is 69.8 Å². The maximum absolute atomic E-state index is 10.9. The van der Waals surface area contributed by atoms with Crippen molar-refractivity contribution in [3.8, 4) is 57.5 Å². The van der Waals surface area contributed by atoms with Crippen molar-refractivity contribution in [2.45, 2.75) is 44.9 Å². The molecule has 5 aromatic carbocycles. The van der Waals surface area contributed by atoms with Crippen LogP contribution in [0, 0.1) is 0 Å². The van der Waals surface area contributed by atoms with Crippen molar-refractivity contribution in [2.24, 2.45) is 0 Å². The molecule has 1 aromatic heterocycles. The second kappa shape index (κ2) is 20.3. The zero-order chi connectivity index (χ0) is 45.1. The minimum absolute atomic E-state index is 0.00694. The van der Waals surface area contributed by atoms with Crippen LogP contribution in [-0.4, -0.2) is 83.5 Å². The molecule has 2 aliphatic carbocycles. The first-order valence-electron chi connectivity index (χ1n) is 18.7. The number of Topliss-reactive ketones (excluding diaryl/α,β-unsaturated/α-hetero) is 1. The Bertz CT molecular complexity index is 2490. The van der Waals surface area contributed by atoms with Gasteiger partial charge in [0.15, 0.2) is 34.4 Å². The van der Waals surface area contributed by atoms with Crippen LogP contribution in [-0.2, 0) is 4.74 Å². The second-order valence-electron chi connectivity index (χ2n) is 13.9. The summed E-state index contributed by atoms with van der Waals surface area (Å²) in [7, 11) is 3.22. The predicted molar refractivity (Wildman–Crippen MR) is 225 cm³/mol. The van der Waals surface area contributed by atoms with Gasteiger partial charge in [0, 0.05) is 47.4 Å². The Morgan fingerprint density at radius 1 is 0.656 bits per heavy atom. The van der Waals surface area contributed by atoms with E-state index in [-0.39, 0.29) is 39.7 Å².